The molecule has 0 aromatic carbocycles. The molecule has 1 aliphatic rings. The van der Waals surface area contributed by atoms with Crippen LogP contribution in [0, 0.1) is 0 Å². The first-order chi connectivity index (χ1) is 7.68. The van der Waals surface area contributed by atoms with Crippen molar-refractivity contribution in [1.82, 2.24) is 14.8 Å². The third-order valence-corrected chi connectivity index (χ3v) is 3.51. The smallest absolute Gasteiger partial charge is 0.180 e. The molecule has 0 aliphatic carbocycles. The minimum atomic E-state index is 0.369. The van der Waals surface area contributed by atoms with Crippen LogP contribution in [-0.2, 0) is 0 Å². The van der Waals surface area contributed by atoms with Crippen LogP contribution in [0.5, 0.6) is 0 Å². The van der Waals surface area contributed by atoms with E-state index >= 15 is 0 Å². The highest BCUT2D eigenvalue weighted by atomic mass is 16.3. The van der Waals surface area contributed by atoms with Crippen molar-refractivity contribution in [3.63, 3.8) is 0 Å². The standard InChI is InChI=1S/C12H21N3O/c1-10(2)14-4-6-15(7-5-14)11(3)12-8-16-9-13-12/h8-11H,4-7H2,1-3H3. The van der Waals surface area contributed by atoms with Gasteiger partial charge in [-0.2, -0.15) is 0 Å². The molecule has 4 heteroatoms. The van der Waals surface area contributed by atoms with Crippen molar-refractivity contribution in [2.24, 2.45) is 0 Å². The first-order valence-corrected chi connectivity index (χ1v) is 6.04. The Hall–Kier alpha value is -0.870. The summed E-state index contributed by atoms with van der Waals surface area (Å²) >= 11 is 0. The molecule has 0 spiro atoms. The van der Waals surface area contributed by atoms with Gasteiger partial charge >= 0.3 is 0 Å². The summed E-state index contributed by atoms with van der Waals surface area (Å²) in [6.45, 7) is 11.3. The molecule has 0 radical (unpaired) electrons. The van der Waals surface area contributed by atoms with Crippen molar-refractivity contribution in [3.8, 4) is 0 Å². The number of hydrogen-bond donors (Lipinski definition) is 0. The lowest BCUT2D eigenvalue weighted by molar-refractivity contribution is 0.0821. The number of oxazole rings is 1. The first-order valence-electron chi connectivity index (χ1n) is 6.04. The van der Waals surface area contributed by atoms with Crippen LogP contribution in [0.4, 0.5) is 0 Å². The normalized spacial score (nSPS) is 21.5. The Balaban J connectivity index is 1.89. The molecule has 2 rings (SSSR count). The third kappa shape index (κ3) is 2.44. The molecule has 2 heterocycles. The van der Waals surface area contributed by atoms with Gasteiger partial charge in [-0.05, 0) is 20.8 Å². The zero-order valence-electron chi connectivity index (χ0n) is 10.4. The summed E-state index contributed by atoms with van der Waals surface area (Å²) in [6.07, 6.45) is 3.26. The van der Waals surface area contributed by atoms with Gasteiger partial charge in [-0.3, -0.25) is 9.80 Å². The Morgan fingerprint density at radius 2 is 1.75 bits per heavy atom. The molecule has 0 bridgehead atoms. The first kappa shape index (κ1) is 11.6. The average molecular weight is 223 g/mol. The Morgan fingerprint density at radius 1 is 1.12 bits per heavy atom. The maximum atomic E-state index is 5.04. The molecule has 1 aromatic rings. The Labute approximate surface area is 97.2 Å². The predicted molar refractivity (Wildman–Crippen MR) is 63.2 cm³/mol. The molecule has 0 amide bonds. The van der Waals surface area contributed by atoms with Gasteiger partial charge in [0.25, 0.3) is 0 Å². The van der Waals surface area contributed by atoms with Crippen molar-refractivity contribution in [1.29, 1.82) is 0 Å². The van der Waals surface area contributed by atoms with E-state index in [0.29, 0.717) is 12.1 Å². The van der Waals surface area contributed by atoms with E-state index in [1.54, 1.807) is 6.26 Å². The minimum Gasteiger partial charge on any atom is -0.451 e. The van der Waals surface area contributed by atoms with Gasteiger partial charge in [0.05, 0.1) is 11.7 Å². The van der Waals surface area contributed by atoms with E-state index in [1.165, 1.54) is 6.39 Å². The van der Waals surface area contributed by atoms with Gasteiger partial charge in [0.1, 0.15) is 6.26 Å². The van der Waals surface area contributed by atoms with Crippen molar-refractivity contribution < 1.29 is 4.42 Å². The molecular formula is C12H21N3O. The van der Waals surface area contributed by atoms with E-state index in [9.17, 15) is 0 Å². The summed E-state index contributed by atoms with van der Waals surface area (Å²) in [5, 5.41) is 0. The van der Waals surface area contributed by atoms with Crippen LogP contribution in [0.3, 0.4) is 0 Å². The molecule has 0 saturated carbocycles. The second kappa shape index (κ2) is 4.97. The fraction of sp³-hybridized carbons (Fsp3) is 0.750. The van der Waals surface area contributed by atoms with Crippen LogP contribution in [0.15, 0.2) is 17.1 Å². The van der Waals surface area contributed by atoms with Crippen molar-refractivity contribution in [3.05, 3.63) is 18.4 Å². The van der Waals surface area contributed by atoms with Crippen molar-refractivity contribution in [2.45, 2.75) is 32.9 Å². The summed E-state index contributed by atoms with van der Waals surface area (Å²) in [5.41, 5.74) is 1.04. The van der Waals surface area contributed by atoms with Crippen LogP contribution in [0.1, 0.15) is 32.5 Å². The lowest BCUT2D eigenvalue weighted by Gasteiger charge is -2.39. The quantitative estimate of drug-likeness (QED) is 0.781. The highest BCUT2D eigenvalue weighted by molar-refractivity contribution is 4.99. The number of piperazine rings is 1. The van der Waals surface area contributed by atoms with Gasteiger partial charge in [-0.15, -0.1) is 0 Å². The van der Waals surface area contributed by atoms with E-state index in [1.807, 2.05) is 0 Å². The minimum absolute atomic E-state index is 0.369. The summed E-state index contributed by atoms with van der Waals surface area (Å²) in [4.78, 5) is 9.21. The summed E-state index contributed by atoms with van der Waals surface area (Å²) in [5.74, 6) is 0. The van der Waals surface area contributed by atoms with Crippen LogP contribution in [-0.4, -0.2) is 47.0 Å². The number of nitrogens with zero attached hydrogens (tertiary/aromatic N) is 3. The Morgan fingerprint density at radius 3 is 2.25 bits per heavy atom. The summed E-state index contributed by atoms with van der Waals surface area (Å²) in [6, 6.07) is 1.03. The fourth-order valence-corrected chi connectivity index (χ4v) is 2.26. The molecule has 1 atom stereocenters. The van der Waals surface area contributed by atoms with E-state index in [2.05, 4.69) is 35.6 Å². The van der Waals surface area contributed by atoms with E-state index in [0.717, 1.165) is 31.9 Å². The molecule has 1 aliphatic heterocycles. The molecule has 1 fully saturated rings. The number of hydrogen-bond acceptors (Lipinski definition) is 4. The Kier molecular flexibility index (Phi) is 3.61. The molecule has 1 unspecified atom stereocenters. The number of aromatic nitrogens is 1. The maximum absolute atomic E-state index is 5.04. The molecule has 1 aromatic heterocycles. The van der Waals surface area contributed by atoms with Crippen molar-refractivity contribution in [2.75, 3.05) is 26.2 Å². The molecule has 1 saturated heterocycles. The zero-order valence-corrected chi connectivity index (χ0v) is 10.4. The van der Waals surface area contributed by atoms with Crippen LogP contribution >= 0.6 is 0 Å². The highest BCUT2D eigenvalue weighted by Crippen LogP contribution is 2.20. The summed E-state index contributed by atoms with van der Waals surface area (Å²) in [7, 11) is 0. The maximum Gasteiger partial charge on any atom is 0.180 e. The Bertz CT molecular complexity index is 302. The second-order valence-electron chi connectivity index (χ2n) is 4.75. The van der Waals surface area contributed by atoms with Gasteiger partial charge in [0.2, 0.25) is 0 Å². The predicted octanol–water partition coefficient (Wildman–Crippen LogP) is 1.76. The van der Waals surface area contributed by atoms with Gasteiger partial charge in [-0.25, -0.2) is 4.98 Å². The molecule has 90 valence electrons. The van der Waals surface area contributed by atoms with Gasteiger partial charge < -0.3 is 4.42 Å². The van der Waals surface area contributed by atoms with Crippen molar-refractivity contribution >= 4 is 0 Å². The lowest BCUT2D eigenvalue weighted by Crippen LogP contribution is -2.49. The van der Waals surface area contributed by atoms with Crippen LogP contribution in [0.2, 0.25) is 0 Å². The highest BCUT2D eigenvalue weighted by Gasteiger charge is 2.24. The van der Waals surface area contributed by atoms with Gasteiger partial charge in [-0.1, -0.05) is 0 Å². The largest absolute Gasteiger partial charge is 0.451 e. The van der Waals surface area contributed by atoms with Crippen LogP contribution in [0.25, 0.3) is 0 Å². The molecular weight excluding hydrogens is 202 g/mol. The summed E-state index contributed by atoms with van der Waals surface area (Å²) < 4.78 is 5.04. The van der Waals surface area contributed by atoms with Gasteiger partial charge in [0, 0.05) is 32.2 Å². The average Bonchev–Trinajstić information content (AvgIpc) is 2.81. The third-order valence-electron chi connectivity index (χ3n) is 3.51. The van der Waals surface area contributed by atoms with E-state index < -0.39 is 0 Å². The van der Waals surface area contributed by atoms with Crippen LogP contribution < -0.4 is 0 Å². The second-order valence-corrected chi connectivity index (χ2v) is 4.75. The zero-order chi connectivity index (χ0) is 11.5. The molecule has 4 nitrogen and oxygen atoms in total. The SMILES string of the molecule is CC(C)N1CCN(C(C)c2cocn2)CC1. The monoisotopic (exact) mass is 223 g/mol. The molecule has 0 N–H and O–H groups in total. The number of rotatable bonds is 3. The fourth-order valence-electron chi connectivity index (χ4n) is 2.26. The lowest BCUT2D eigenvalue weighted by atomic mass is 10.1. The molecule has 16 heavy (non-hydrogen) atoms. The van der Waals surface area contributed by atoms with E-state index in [4.69, 9.17) is 4.42 Å². The topological polar surface area (TPSA) is 32.5 Å². The van der Waals surface area contributed by atoms with Gasteiger partial charge in [0.15, 0.2) is 6.39 Å². The van der Waals surface area contributed by atoms with E-state index in [-0.39, 0.29) is 0 Å².